The van der Waals surface area contributed by atoms with Gasteiger partial charge in [0, 0.05) is 17.4 Å². The molecule has 134 valence electrons. The number of ether oxygens (including phenoxy) is 1. The molecule has 26 heavy (non-hydrogen) atoms. The van der Waals surface area contributed by atoms with E-state index in [9.17, 15) is 14.7 Å². The number of aromatic nitrogens is 1. The maximum Gasteiger partial charge on any atom is 0.335 e. The van der Waals surface area contributed by atoms with E-state index in [0.29, 0.717) is 18.7 Å². The Morgan fingerprint density at radius 1 is 1.31 bits per heavy atom. The van der Waals surface area contributed by atoms with E-state index < -0.39 is 11.4 Å². The third-order valence-corrected chi connectivity index (χ3v) is 5.49. The molecule has 1 aromatic heterocycles. The first-order valence-electron chi connectivity index (χ1n) is 8.77. The van der Waals surface area contributed by atoms with E-state index in [4.69, 9.17) is 4.74 Å². The van der Waals surface area contributed by atoms with E-state index in [1.54, 1.807) is 18.3 Å². The number of carboxylic acid groups (broad SMARTS) is 1. The lowest BCUT2D eigenvalue weighted by Crippen LogP contribution is -2.41. The predicted octanol–water partition coefficient (Wildman–Crippen LogP) is 3.30. The SMILES string of the molecule is Cc1cccnc1OC1CCC2(CC1)C(=O)Nc1ccc(C(=O)O)cc12. The quantitative estimate of drug-likeness (QED) is 0.885. The van der Waals surface area contributed by atoms with Crippen LogP contribution in [0.2, 0.25) is 0 Å². The van der Waals surface area contributed by atoms with Crippen LogP contribution in [0.5, 0.6) is 5.88 Å². The van der Waals surface area contributed by atoms with Crippen molar-refractivity contribution in [3.63, 3.8) is 0 Å². The van der Waals surface area contributed by atoms with Gasteiger partial charge in [0.15, 0.2) is 0 Å². The van der Waals surface area contributed by atoms with Crippen LogP contribution in [0, 0.1) is 6.92 Å². The molecule has 0 radical (unpaired) electrons. The number of carbonyl (C=O) groups is 2. The summed E-state index contributed by atoms with van der Waals surface area (Å²) in [6.07, 6.45) is 4.42. The van der Waals surface area contributed by atoms with Crippen molar-refractivity contribution in [2.75, 3.05) is 5.32 Å². The van der Waals surface area contributed by atoms with Gasteiger partial charge in [0.1, 0.15) is 6.10 Å². The van der Waals surface area contributed by atoms with E-state index >= 15 is 0 Å². The fourth-order valence-corrected chi connectivity index (χ4v) is 4.00. The van der Waals surface area contributed by atoms with E-state index in [-0.39, 0.29) is 17.6 Å². The number of nitrogens with one attached hydrogen (secondary N) is 1. The average Bonchev–Trinajstić information content (AvgIpc) is 2.90. The van der Waals surface area contributed by atoms with E-state index in [1.165, 1.54) is 6.07 Å². The van der Waals surface area contributed by atoms with Gasteiger partial charge in [0.25, 0.3) is 0 Å². The molecule has 0 unspecified atom stereocenters. The van der Waals surface area contributed by atoms with Crippen LogP contribution in [-0.4, -0.2) is 28.1 Å². The van der Waals surface area contributed by atoms with Crippen molar-refractivity contribution in [3.8, 4) is 5.88 Å². The fraction of sp³-hybridized carbons (Fsp3) is 0.350. The van der Waals surface area contributed by atoms with Crippen molar-refractivity contribution in [3.05, 3.63) is 53.2 Å². The van der Waals surface area contributed by atoms with E-state index in [0.717, 1.165) is 29.7 Å². The van der Waals surface area contributed by atoms with Gasteiger partial charge < -0.3 is 15.2 Å². The molecule has 2 N–H and O–H groups in total. The third kappa shape index (κ3) is 2.62. The summed E-state index contributed by atoms with van der Waals surface area (Å²) in [7, 11) is 0. The minimum Gasteiger partial charge on any atom is -0.478 e. The van der Waals surface area contributed by atoms with Gasteiger partial charge >= 0.3 is 5.97 Å². The minimum atomic E-state index is -0.982. The van der Waals surface area contributed by atoms with Crippen molar-refractivity contribution < 1.29 is 19.4 Å². The average molecular weight is 352 g/mol. The maximum absolute atomic E-state index is 12.7. The van der Waals surface area contributed by atoms with Crippen molar-refractivity contribution in [2.45, 2.75) is 44.1 Å². The molecular formula is C20H20N2O4. The first-order chi connectivity index (χ1) is 12.5. The second-order valence-corrected chi connectivity index (χ2v) is 7.04. The highest BCUT2D eigenvalue weighted by Crippen LogP contribution is 2.48. The Balaban J connectivity index is 1.55. The summed E-state index contributed by atoms with van der Waals surface area (Å²) in [5.74, 6) is -0.384. The zero-order chi connectivity index (χ0) is 18.3. The fourth-order valence-electron chi connectivity index (χ4n) is 4.00. The first-order valence-corrected chi connectivity index (χ1v) is 8.77. The number of rotatable bonds is 3. The summed E-state index contributed by atoms with van der Waals surface area (Å²) in [6.45, 7) is 1.96. The Kier molecular flexibility index (Phi) is 3.90. The third-order valence-electron chi connectivity index (χ3n) is 5.49. The number of amides is 1. The van der Waals surface area contributed by atoms with Gasteiger partial charge in [-0.15, -0.1) is 0 Å². The number of nitrogens with zero attached hydrogens (tertiary/aromatic N) is 1. The van der Waals surface area contributed by atoms with Crippen LogP contribution in [0.15, 0.2) is 36.5 Å². The number of fused-ring (bicyclic) bond motifs is 2. The number of aryl methyl sites for hydroxylation is 1. The predicted molar refractivity (Wildman–Crippen MR) is 95.6 cm³/mol. The topological polar surface area (TPSA) is 88.5 Å². The lowest BCUT2D eigenvalue weighted by molar-refractivity contribution is -0.122. The summed E-state index contributed by atoms with van der Waals surface area (Å²) in [5.41, 5.74) is 2.07. The van der Waals surface area contributed by atoms with Gasteiger partial charge in [-0.2, -0.15) is 0 Å². The normalized spacial score (nSPS) is 24.2. The Labute approximate surface area is 151 Å². The van der Waals surface area contributed by atoms with Gasteiger partial charge in [0.2, 0.25) is 11.8 Å². The lowest BCUT2D eigenvalue weighted by atomic mass is 9.69. The van der Waals surface area contributed by atoms with Crippen molar-refractivity contribution in [1.82, 2.24) is 4.98 Å². The number of hydrogen-bond acceptors (Lipinski definition) is 4. The van der Waals surface area contributed by atoms with Crippen LogP contribution in [0.1, 0.15) is 47.2 Å². The van der Waals surface area contributed by atoms with Gasteiger partial charge in [-0.1, -0.05) is 6.07 Å². The second-order valence-electron chi connectivity index (χ2n) is 7.04. The summed E-state index contributed by atoms with van der Waals surface area (Å²) >= 11 is 0. The molecular weight excluding hydrogens is 332 g/mol. The van der Waals surface area contributed by atoms with Crippen LogP contribution in [0.3, 0.4) is 0 Å². The molecule has 6 nitrogen and oxygen atoms in total. The standard InChI is InChI=1S/C20H20N2O4/c1-12-3-2-10-21-17(12)26-14-6-8-20(9-7-14)15-11-13(18(23)24)4-5-16(15)22-19(20)25/h2-5,10-11,14H,6-9H2,1H3,(H,22,25)(H,23,24). The number of anilines is 1. The summed E-state index contributed by atoms with van der Waals surface area (Å²) in [5, 5.41) is 12.2. The van der Waals surface area contributed by atoms with Crippen LogP contribution in [0.25, 0.3) is 0 Å². The van der Waals surface area contributed by atoms with Crippen LogP contribution in [-0.2, 0) is 10.2 Å². The van der Waals surface area contributed by atoms with Gasteiger partial charge in [-0.25, -0.2) is 9.78 Å². The molecule has 1 aliphatic heterocycles. The highest BCUT2D eigenvalue weighted by atomic mass is 16.5. The van der Waals surface area contributed by atoms with Crippen LogP contribution < -0.4 is 10.1 Å². The Hall–Kier alpha value is -2.89. The van der Waals surface area contributed by atoms with E-state index in [1.807, 2.05) is 19.1 Å². The van der Waals surface area contributed by atoms with Gasteiger partial charge in [0.05, 0.1) is 11.0 Å². The number of pyridine rings is 1. The zero-order valence-corrected chi connectivity index (χ0v) is 14.5. The number of carbonyl (C=O) groups excluding carboxylic acids is 1. The molecule has 1 aromatic carbocycles. The van der Waals surface area contributed by atoms with Gasteiger partial charge in [-0.3, -0.25) is 4.79 Å². The molecule has 2 aromatic rings. The number of carboxylic acids is 1. The first kappa shape index (κ1) is 16.6. The van der Waals surface area contributed by atoms with Crippen LogP contribution >= 0.6 is 0 Å². The Bertz CT molecular complexity index is 885. The number of hydrogen-bond donors (Lipinski definition) is 2. The highest BCUT2D eigenvalue weighted by Gasteiger charge is 2.49. The summed E-state index contributed by atoms with van der Waals surface area (Å²) in [6, 6.07) is 8.68. The maximum atomic E-state index is 12.7. The highest BCUT2D eigenvalue weighted by molar-refractivity contribution is 6.07. The number of benzene rings is 1. The van der Waals surface area contributed by atoms with Crippen molar-refractivity contribution >= 4 is 17.6 Å². The smallest absolute Gasteiger partial charge is 0.335 e. The summed E-state index contributed by atoms with van der Waals surface area (Å²) < 4.78 is 6.04. The summed E-state index contributed by atoms with van der Waals surface area (Å²) in [4.78, 5) is 28.3. The largest absolute Gasteiger partial charge is 0.478 e. The molecule has 1 aliphatic carbocycles. The molecule has 1 spiro atoms. The Morgan fingerprint density at radius 2 is 2.08 bits per heavy atom. The molecule has 0 bridgehead atoms. The molecule has 2 heterocycles. The lowest BCUT2D eigenvalue weighted by Gasteiger charge is -2.35. The molecule has 6 heteroatoms. The molecule has 4 rings (SSSR count). The molecule has 0 atom stereocenters. The molecule has 1 amide bonds. The zero-order valence-electron chi connectivity index (χ0n) is 14.5. The molecule has 2 aliphatic rings. The monoisotopic (exact) mass is 352 g/mol. The molecule has 0 saturated heterocycles. The van der Waals surface area contributed by atoms with E-state index in [2.05, 4.69) is 10.3 Å². The molecule has 1 saturated carbocycles. The molecule has 1 fully saturated rings. The minimum absolute atomic E-state index is 0.00808. The van der Waals surface area contributed by atoms with Crippen LogP contribution in [0.4, 0.5) is 5.69 Å². The van der Waals surface area contributed by atoms with Crippen molar-refractivity contribution in [1.29, 1.82) is 0 Å². The van der Waals surface area contributed by atoms with Crippen molar-refractivity contribution in [2.24, 2.45) is 0 Å². The number of aromatic carboxylic acids is 1. The second kappa shape index (κ2) is 6.12. The Morgan fingerprint density at radius 3 is 2.77 bits per heavy atom. The van der Waals surface area contributed by atoms with Gasteiger partial charge in [-0.05, 0) is 62.4 Å².